The first-order chi connectivity index (χ1) is 8.48. The average molecular weight is 266 g/mol. The molecule has 0 amide bonds. The summed E-state index contributed by atoms with van der Waals surface area (Å²) >= 11 is 1.41. The number of hydrogen-bond donors (Lipinski definition) is 1. The maximum atomic E-state index is 14.0. The molecule has 0 bridgehead atoms. The Balaban J connectivity index is 2.64. The highest BCUT2D eigenvalue weighted by Gasteiger charge is 2.34. The summed E-state index contributed by atoms with van der Waals surface area (Å²) in [5.74, 6) is -0.111. The van der Waals surface area contributed by atoms with Crippen LogP contribution in [-0.2, 0) is 5.60 Å². The van der Waals surface area contributed by atoms with Crippen LogP contribution in [0.4, 0.5) is 4.39 Å². The molecular formula is C14H15FO2S. The predicted molar refractivity (Wildman–Crippen MR) is 70.7 cm³/mol. The minimum Gasteiger partial charge on any atom is -0.496 e. The number of benzene rings is 1. The summed E-state index contributed by atoms with van der Waals surface area (Å²) in [6.07, 6.45) is 0. The van der Waals surface area contributed by atoms with Gasteiger partial charge in [0.05, 0.1) is 12.7 Å². The highest BCUT2D eigenvalue weighted by molar-refractivity contribution is 7.10. The fraction of sp³-hybridized carbons (Fsp3) is 0.286. The Kier molecular flexibility index (Phi) is 3.41. The van der Waals surface area contributed by atoms with Gasteiger partial charge in [-0.2, -0.15) is 0 Å². The van der Waals surface area contributed by atoms with Gasteiger partial charge in [0, 0.05) is 4.88 Å². The Labute approximate surface area is 110 Å². The van der Waals surface area contributed by atoms with E-state index in [9.17, 15) is 9.50 Å². The summed E-state index contributed by atoms with van der Waals surface area (Å²) < 4.78 is 19.2. The first-order valence-electron chi connectivity index (χ1n) is 5.58. The summed E-state index contributed by atoms with van der Waals surface area (Å²) in [6, 6.07) is 6.45. The van der Waals surface area contributed by atoms with Gasteiger partial charge in [-0.1, -0.05) is 6.07 Å². The van der Waals surface area contributed by atoms with Crippen LogP contribution < -0.4 is 4.74 Å². The summed E-state index contributed by atoms with van der Waals surface area (Å²) in [7, 11) is 1.47. The number of methoxy groups -OCH3 is 1. The van der Waals surface area contributed by atoms with Crippen molar-refractivity contribution in [2.75, 3.05) is 7.11 Å². The zero-order valence-corrected chi connectivity index (χ0v) is 11.3. The molecule has 1 heterocycles. The Morgan fingerprint density at radius 2 is 2.06 bits per heavy atom. The number of ether oxygens (including phenoxy) is 1. The number of thiophene rings is 1. The van der Waals surface area contributed by atoms with E-state index in [0.29, 0.717) is 5.75 Å². The van der Waals surface area contributed by atoms with E-state index < -0.39 is 11.4 Å². The number of aryl methyl sites for hydroxylation is 1. The molecule has 1 aromatic carbocycles. The van der Waals surface area contributed by atoms with Crippen molar-refractivity contribution in [3.8, 4) is 5.75 Å². The maximum Gasteiger partial charge on any atom is 0.133 e. The van der Waals surface area contributed by atoms with Crippen LogP contribution in [0, 0.1) is 12.7 Å². The van der Waals surface area contributed by atoms with E-state index in [-0.39, 0.29) is 5.56 Å². The van der Waals surface area contributed by atoms with Gasteiger partial charge in [0.1, 0.15) is 17.2 Å². The Morgan fingerprint density at radius 3 is 2.61 bits per heavy atom. The number of aliphatic hydroxyl groups is 1. The van der Waals surface area contributed by atoms with Crippen LogP contribution in [0.2, 0.25) is 0 Å². The van der Waals surface area contributed by atoms with Crippen molar-refractivity contribution < 1.29 is 14.2 Å². The molecular weight excluding hydrogens is 251 g/mol. The molecule has 0 saturated heterocycles. The van der Waals surface area contributed by atoms with Gasteiger partial charge in [0.15, 0.2) is 0 Å². The van der Waals surface area contributed by atoms with E-state index in [1.165, 1.54) is 24.5 Å². The molecule has 4 heteroatoms. The first kappa shape index (κ1) is 13.1. The van der Waals surface area contributed by atoms with Crippen LogP contribution in [-0.4, -0.2) is 12.2 Å². The Bertz CT molecular complexity index is 561. The fourth-order valence-electron chi connectivity index (χ4n) is 2.13. The van der Waals surface area contributed by atoms with Gasteiger partial charge < -0.3 is 9.84 Å². The molecule has 2 aromatic rings. The highest BCUT2D eigenvalue weighted by Crippen LogP contribution is 2.40. The molecule has 0 aliphatic rings. The molecule has 2 rings (SSSR count). The van der Waals surface area contributed by atoms with Crippen molar-refractivity contribution >= 4 is 11.3 Å². The third-order valence-corrected chi connectivity index (χ3v) is 4.21. The van der Waals surface area contributed by atoms with Crippen molar-refractivity contribution in [1.82, 2.24) is 0 Å². The first-order valence-corrected chi connectivity index (χ1v) is 6.46. The molecule has 1 atom stereocenters. The second-order valence-corrected chi connectivity index (χ2v) is 5.24. The van der Waals surface area contributed by atoms with Crippen LogP contribution in [0.1, 0.15) is 22.9 Å². The largest absolute Gasteiger partial charge is 0.496 e. The quantitative estimate of drug-likeness (QED) is 0.922. The lowest BCUT2D eigenvalue weighted by atomic mass is 9.91. The van der Waals surface area contributed by atoms with E-state index in [0.717, 1.165) is 10.4 Å². The van der Waals surface area contributed by atoms with Gasteiger partial charge in [-0.3, -0.25) is 0 Å². The van der Waals surface area contributed by atoms with Crippen molar-refractivity contribution in [2.45, 2.75) is 19.4 Å². The lowest BCUT2D eigenvalue weighted by molar-refractivity contribution is 0.0977. The fourth-order valence-corrected chi connectivity index (χ4v) is 3.13. The normalized spacial score (nSPS) is 14.3. The van der Waals surface area contributed by atoms with Crippen LogP contribution in [0.25, 0.3) is 0 Å². The van der Waals surface area contributed by atoms with Gasteiger partial charge in [-0.15, -0.1) is 11.3 Å². The van der Waals surface area contributed by atoms with Crippen LogP contribution in [0.15, 0.2) is 29.6 Å². The second-order valence-electron chi connectivity index (χ2n) is 4.32. The monoisotopic (exact) mass is 266 g/mol. The van der Waals surface area contributed by atoms with E-state index in [1.807, 2.05) is 18.4 Å². The highest BCUT2D eigenvalue weighted by atomic mass is 32.1. The molecule has 96 valence electrons. The zero-order valence-electron chi connectivity index (χ0n) is 10.5. The zero-order chi connectivity index (χ0) is 13.3. The number of rotatable bonds is 3. The third-order valence-electron chi connectivity index (χ3n) is 2.99. The van der Waals surface area contributed by atoms with Crippen LogP contribution in [0.3, 0.4) is 0 Å². The number of halogens is 1. The standard InChI is InChI=1S/C14H15FO2S/c1-9-7-8-18-13(9)14(2,16)12-10(15)5-4-6-11(12)17-3/h4-8,16H,1-3H3. The average Bonchev–Trinajstić information content (AvgIpc) is 2.75. The Hall–Kier alpha value is -1.39. The van der Waals surface area contributed by atoms with Crippen molar-refractivity contribution in [1.29, 1.82) is 0 Å². The van der Waals surface area contributed by atoms with Crippen LogP contribution >= 0.6 is 11.3 Å². The summed E-state index contributed by atoms with van der Waals surface area (Å²) in [5, 5.41) is 12.6. The molecule has 0 fully saturated rings. The van der Waals surface area contributed by atoms with Gasteiger partial charge in [0.2, 0.25) is 0 Å². The van der Waals surface area contributed by atoms with Crippen molar-refractivity contribution in [3.05, 3.63) is 51.5 Å². The smallest absolute Gasteiger partial charge is 0.133 e. The minimum absolute atomic E-state index is 0.179. The van der Waals surface area contributed by atoms with E-state index in [1.54, 1.807) is 19.1 Å². The molecule has 1 unspecified atom stereocenters. The Morgan fingerprint density at radius 1 is 1.33 bits per heavy atom. The van der Waals surface area contributed by atoms with Crippen molar-refractivity contribution in [3.63, 3.8) is 0 Å². The van der Waals surface area contributed by atoms with Gasteiger partial charge in [0.25, 0.3) is 0 Å². The summed E-state index contributed by atoms with van der Waals surface area (Å²) in [4.78, 5) is 0.728. The molecule has 0 radical (unpaired) electrons. The molecule has 0 aliphatic carbocycles. The second kappa shape index (κ2) is 4.71. The molecule has 0 aliphatic heterocycles. The van der Waals surface area contributed by atoms with Crippen molar-refractivity contribution in [2.24, 2.45) is 0 Å². The third kappa shape index (κ3) is 2.02. The number of hydrogen-bond acceptors (Lipinski definition) is 3. The van der Waals surface area contributed by atoms with E-state index in [4.69, 9.17) is 4.74 Å². The summed E-state index contributed by atoms with van der Waals surface area (Å²) in [5.41, 5.74) is -0.275. The molecule has 1 N–H and O–H groups in total. The SMILES string of the molecule is COc1cccc(F)c1C(C)(O)c1sccc1C. The van der Waals surface area contributed by atoms with E-state index >= 15 is 0 Å². The summed E-state index contributed by atoms with van der Waals surface area (Å²) in [6.45, 7) is 3.49. The van der Waals surface area contributed by atoms with Crippen LogP contribution in [0.5, 0.6) is 5.75 Å². The molecule has 2 nitrogen and oxygen atoms in total. The maximum absolute atomic E-state index is 14.0. The molecule has 1 aromatic heterocycles. The molecule has 18 heavy (non-hydrogen) atoms. The molecule has 0 saturated carbocycles. The molecule has 0 spiro atoms. The van der Waals surface area contributed by atoms with Gasteiger partial charge in [-0.25, -0.2) is 4.39 Å². The lowest BCUT2D eigenvalue weighted by Gasteiger charge is -2.26. The van der Waals surface area contributed by atoms with E-state index in [2.05, 4.69) is 0 Å². The minimum atomic E-state index is -1.39. The predicted octanol–water partition coefficient (Wildman–Crippen LogP) is 3.46. The van der Waals surface area contributed by atoms with Gasteiger partial charge in [-0.05, 0) is 43.0 Å². The lowest BCUT2D eigenvalue weighted by Crippen LogP contribution is -2.24. The van der Waals surface area contributed by atoms with Gasteiger partial charge >= 0.3 is 0 Å². The topological polar surface area (TPSA) is 29.5 Å².